The molecule has 2 aromatic rings. The monoisotopic (exact) mass is 454 g/mol. The second-order valence-electron chi connectivity index (χ2n) is 9.72. The van der Waals surface area contributed by atoms with E-state index in [1.165, 1.54) is 0 Å². The van der Waals surface area contributed by atoms with Crippen molar-refractivity contribution in [2.75, 3.05) is 6.54 Å². The molecule has 0 atom stereocenters. The van der Waals surface area contributed by atoms with Gasteiger partial charge in [0.1, 0.15) is 11.2 Å². The van der Waals surface area contributed by atoms with Gasteiger partial charge in [0.05, 0.1) is 0 Å². The third-order valence-electron chi connectivity index (χ3n) is 4.34. The Hall–Kier alpha value is -3.35. The largest absolute Gasteiger partial charge is 0.443 e. The van der Waals surface area contributed by atoms with E-state index in [9.17, 15) is 14.4 Å². The number of nitrogens with one attached hydrogen (secondary N) is 1. The summed E-state index contributed by atoms with van der Waals surface area (Å²) in [5, 5.41) is 1.05. The average molecular weight is 455 g/mol. The van der Waals surface area contributed by atoms with E-state index < -0.39 is 23.4 Å². The van der Waals surface area contributed by atoms with Gasteiger partial charge >= 0.3 is 12.2 Å². The number of hydrogen-bond acceptors (Lipinski definition) is 5. The first kappa shape index (κ1) is 25.9. The van der Waals surface area contributed by atoms with Crippen molar-refractivity contribution in [2.45, 2.75) is 65.6 Å². The van der Waals surface area contributed by atoms with Gasteiger partial charge in [-0.05, 0) is 59.1 Å². The van der Waals surface area contributed by atoms with Crippen LogP contribution in [0.25, 0.3) is 11.1 Å². The number of ether oxygens (including phenoxy) is 2. The highest BCUT2D eigenvalue weighted by atomic mass is 16.6. The molecule has 0 spiro atoms. The van der Waals surface area contributed by atoms with Gasteiger partial charge in [-0.1, -0.05) is 54.6 Å². The Morgan fingerprint density at radius 2 is 1.33 bits per heavy atom. The molecule has 0 fully saturated rings. The minimum Gasteiger partial charge on any atom is -0.443 e. The molecule has 0 aliphatic rings. The van der Waals surface area contributed by atoms with Gasteiger partial charge in [0.2, 0.25) is 0 Å². The molecule has 2 amide bonds. The molecular weight excluding hydrogens is 420 g/mol. The molecule has 0 heterocycles. The minimum atomic E-state index is -0.767. The Kier molecular flexibility index (Phi) is 8.63. The Labute approximate surface area is 196 Å². The highest BCUT2D eigenvalue weighted by molar-refractivity contribution is 5.96. The Balaban J connectivity index is 1.97. The van der Waals surface area contributed by atoms with Crippen LogP contribution in [0.3, 0.4) is 0 Å². The lowest BCUT2D eigenvalue weighted by Crippen LogP contribution is -2.50. The molecular formula is C26H34N2O5. The summed E-state index contributed by atoms with van der Waals surface area (Å²) in [6.07, 6.45) is -0.932. The molecule has 2 aromatic carbocycles. The van der Waals surface area contributed by atoms with Gasteiger partial charge in [0, 0.05) is 18.5 Å². The van der Waals surface area contributed by atoms with Crippen LogP contribution in [0.15, 0.2) is 54.6 Å². The van der Waals surface area contributed by atoms with Crippen LogP contribution in [0, 0.1) is 0 Å². The Morgan fingerprint density at radius 3 is 1.88 bits per heavy atom. The zero-order valence-corrected chi connectivity index (χ0v) is 20.3. The van der Waals surface area contributed by atoms with Crippen LogP contribution in [0.5, 0.6) is 0 Å². The summed E-state index contributed by atoms with van der Waals surface area (Å²) < 4.78 is 10.6. The fourth-order valence-corrected chi connectivity index (χ4v) is 2.94. The van der Waals surface area contributed by atoms with Crippen LogP contribution >= 0.6 is 0 Å². The number of ketones is 1. The highest BCUT2D eigenvalue weighted by Crippen LogP contribution is 2.20. The Morgan fingerprint density at radius 1 is 0.788 bits per heavy atom. The summed E-state index contributed by atoms with van der Waals surface area (Å²) in [6, 6.07) is 17.4. The van der Waals surface area contributed by atoms with Crippen molar-refractivity contribution < 1.29 is 23.9 Å². The molecule has 0 unspecified atom stereocenters. The maximum atomic E-state index is 12.6. The zero-order valence-electron chi connectivity index (χ0n) is 20.3. The number of nitrogens with zero attached hydrogens (tertiary/aromatic N) is 1. The van der Waals surface area contributed by atoms with Crippen molar-refractivity contribution in [3.63, 3.8) is 0 Å². The molecule has 0 aliphatic heterocycles. The third-order valence-corrected chi connectivity index (χ3v) is 4.34. The third kappa shape index (κ3) is 9.35. The van der Waals surface area contributed by atoms with Gasteiger partial charge < -0.3 is 9.47 Å². The van der Waals surface area contributed by atoms with Crippen molar-refractivity contribution in [3.05, 3.63) is 60.2 Å². The molecule has 178 valence electrons. The second-order valence-corrected chi connectivity index (χ2v) is 9.72. The summed E-state index contributed by atoms with van der Waals surface area (Å²) in [5.74, 6) is -0.0454. The fourth-order valence-electron chi connectivity index (χ4n) is 2.94. The fraction of sp³-hybridized carbons (Fsp3) is 0.423. The lowest BCUT2D eigenvalue weighted by atomic mass is 10.0. The molecule has 0 radical (unpaired) electrons. The number of rotatable bonds is 6. The summed E-state index contributed by atoms with van der Waals surface area (Å²) in [7, 11) is 0. The lowest BCUT2D eigenvalue weighted by Gasteiger charge is -2.28. The topological polar surface area (TPSA) is 84.9 Å². The number of amides is 2. The first-order valence-corrected chi connectivity index (χ1v) is 11.0. The van der Waals surface area contributed by atoms with Gasteiger partial charge in [-0.15, -0.1) is 0 Å². The highest BCUT2D eigenvalue weighted by Gasteiger charge is 2.26. The lowest BCUT2D eigenvalue weighted by molar-refractivity contribution is 0.00108. The predicted octanol–water partition coefficient (Wildman–Crippen LogP) is 5.99. The van der Waals surface area contributed by atoms with E-state index in [1.54, 1.807) is 53.7 Å². The van der Waals surface area contributed by atoms with Crippen LogP contribution in [0.1, 0.15) is 64.7 Å². The van der Waals surface area contributed by atoms with E-state index >= 15 is 0 Å². The minimum absolute atomic E-state index is 0.0454. The van der Waals surface area contributed by atoms with Gasteiger partial charge in [-0.3, -0.25) is 4.79 Å². The maximum absolute atomic E-state index is 12.6. The van der Waals surface area contributed by atoms with Gasteiger partial charge in [-0.2, -0.15) is 0 Å². The average Bonchev–Trinajstić information content (AvgIpc) is 2.71. The van der Waals surface area contributed by atoms with E-state index in [0.29, 0.717) is 12.0 Å². The van der Waals surface area contributed by atoms with Crippen LogP contribution in [0.4, 0.5) is 9.59 Å². The van der Waals surface area contributed by atoms with Crippen molar-refractivity contribution >= 4 is 18.0 Å². The van der Waals surface area contributed by atoms with Gasteiger partial charge in [0.15, 0.2) is 5.78 Å². The van der Waals surface area contributed by atoms with Crippen LogP contribution in [-0.4, -0.2) is 40.7 Å². The molecule has 0 saturated carbocycles. The van der Waals surface area contributed by atoms with E-state index in [-0.39, 0.29) is 18.7 Å². The number of hydrogen-bond donors (Lipinski definition) is 1. The molecule has 7 nitrogen and oxygen atoms in total. The second kappa shape index (κ2) is 11.0. The maximum Gasteiger partial charge on any atom is 0.429 e. The summed E-state index contributed by atoms with van der Waals surface area (Å²) in [6.45, 7) is 10.5. The van der Waals surface area contributed by atoms with Crippen molar-refractivity contribution in [1.82, 2.24) is 10.4 Å². The van der Waals surface area contributed by atoms with Crippen LogP contribution in [-0.2, 0) is 9.47 Å². The molecule has 0 bridgehead atoms. The quantitative estimate of drug-likeness (QED) is 0.428. The van der Waals surface area contributed by atoms with Crippen molar-refractivity contribution in [1.29, 1.82) is 0 Å². The number of carbonyl (C=O) groups is 3. The molecule has 2 rings (SSSR count). The zero-order chi connectivity index (χ0) is 24.6. The molecule has 0 saturated heterocycles. The number of Topliss-reactive ketones (excluding diaryl/α,β-unsaturated/α-hetero) is 1. The number of hydrazine groups is 1. The predicted molar refractivity (Wildman–Crippen MR) is 128 cm³/mol. The van der Waals surface area contributed by atoms with E-state index in [4.69, 9.17) is 9.47 Å². The summed E-state index contributed by atoms with van der Waals surface area (Å²) in [4.78, 5) is 37.3. The standard InChI is InChI=1S/C26H34N2O5/c1-25(2,3)32-23(30)27-28(24(31)33-26(4,5)6)18-10-13-22(29)21-16-14-20(15-17-21)19-11-8-7-9-12-19/h7-9,11-12,14-17H,10,13,18H2,1-6H3,(H,27,30). The van der Waals surface area contributed by atoms with Crippen LogP contribution < -0.4 is 5.43 Å². The molecule has 33 heavy (non-hydrogen) atoms. The smallest absolute Gasteiger partial charge is 0.429 e. The first-order chi connectivity index (χ1) is 15.3. The molecule has 1 N–H and O–H groups in total. The van der Waals surface area contributed by atoms with Crippen molar-refractivity contribution in [2.24, 2.45) is 0 Å². The Bertz CT molecular complexity index is 941. The van der Waals surface area contributed by atoms with E-state index in [1.807, 2.05) is 42.5 Å². The number of carbonyl (C=O) groups excluding carboxylic acids is 3. The van der Waals surface area contributed by atoms with E-state index in [2.05, 4.69) is 5.43 Å². The number of benzene rings is 2. The van der Waals surface area contributed by atoms with Crippen LogP contribution in [0.2, 0.25) is 0 Å². The van der Waals surface area contributed by atoms with Gasteiger partial charge in [-0.25, -0.2) is 20.0 Å². The SMILES string of the molecule is CC(C)(C)OC(=O)NN(CCCC(=O)c1ccc(-c2ccccc2)cc1)C(=O)OC(C)(C)C. The molecule has 7 heteroatoms. The van der Waals surface area contributed by atoms with E-state index in [0.717, 1.165) is 16.1 Å². The molecule has 0 aliphatic carbocycles. The normalized spacial score (nSPS) is 11.5. The first-order valence-electron chi connectivity index (χ1n) is 11.0. The molecule has 0 aromatic heterocycles. The van der Waals surface area contributed by atoms with Gasteiger partial charge in [0.25, 0.3) is 0 Å². The summed E-state index contributed by atoms with van der Waals surface area (Å²) >= 11 is 0. The van der Waals surface area contributed by atoms with Crippen molar-refractivity contribution in [3.8, 4) is 11.1 Å². The summed E-state index contributed by atoms with van der Waals surface area (Å²) in [5.41, 5.74) is 3.68.